The van der Waals surface area contributed by atoms with Crippen molar-refractivity contribution in [2.45, 2.75) is 13.5 Å². The average Bonchev–Trinajstić information content (AvgIpc) is 3.14. The maximum absolute atomic E-state index is 13.1. The maximum Gasteiger partial charge on any atom is 0.387 e. The Bertz CT molecular complexity index is 1240. The van der Waals surface area contributed by atoms with Crippen molar-refractivity contribution in [3.8, 4) is 22.8 Å². The van der Waals surface area contributed by atoms with Crippen molar-refractivity contribution >= 4 is 29.0 Å². The number of rotatable bonds is 7. The summed E-state index contributed by atoms with van der Waals surface area (Å²) in [7, 11) is 0. The molecule has 0 bridgehead atoms. The van der Waals surface area contributed by atoms with E-state index in [9.17, 15) is 18.4 Å². The molecule has 0 spiro atoms. The van der Waals surface area contributed by atoms with Crippen molar-refractivity contribution < 1.29 is 33.1 Å². The van der Waals surface area contributed by atoms with Gasteiger partial charge in [0.2, 0.25) is 0 Å². The lowest BCUT2D eigenvalue weighted by Crippen LogP contribution is -2.35. The summed E-state index contributed by atoms with van der Waals surface area (Å²) >= 11 is 0. The Labute approximate surface area is 192 Å². The highest BCUT2D eigenvalue weighted by atomic mass is 19.3. The Morgan fingerprint density at radius 3 is 2.56 bits per heavy atom. The SMILES string of the molecule is CC1=NN(c2ccc(OC(F)F)c(-c3ccccn3)c2)C(=O)C1C(=O)Oc1ccc(NO)cc1. The second-order valence-corrected chi connectivity index (χ2v) is 7.16. The van der Waals surface area contributed by atoms with Crippen molar-refractivity contribution in [3.63, 3.8) is 0 Å². The number of hydrogen-bond acceptors (Lipinski definition) is 8. The van der Waals surface area contributed by atoms with E-state index in [1.54, 1.807) is 18.2 Å². The highest BCUT2D eigenvalue weighted by Crippen LogP contribution is 2.35. The van der Waals surface area contributed by atoms with E-state index in [4.69, 9.17) is 9.94 Å². The van der Waals surface area contributed by atoms with Gasteiger partial charge in [-0.15, -0.1) is 0 Å². The van der Waals surface area contributed by atoms with Gasteiger partial charge in [-0.05, 0) is 61.5 Å². The van der Waals surface area contributed by atoms with E-state index >= 15 is 0 Å². The predicted octanol–water partition coefficient (Wildman–Crippen LogP) is 4.10. The minimum absolute atomic E-state index is 0.124. The largest absolute Gasteiger partial charge is 0.434 e. The number of hydrazone groups is 1. The highest BCUT2D eigenvalue weighted by Gasteiger charge is 2.41. The number of aromatic nitrogens is 1. The Hall–Kier alpha value is -4.38. The van der Waals surface area contributed by atoms with Gasteiger partial charge in [0, 0.05) is 11.8 Å². The molecule has 11 heteroatoms. The lowest BCUT2D eigenvalue weighted by molar-refractivity contribution is -0.140. The van der Waals surface area contributed by atoms with Crippen LogP contribution in [-0.4, -0.2) is 34.4 Å². The summed E-state index contributed by atoms with van der Waals surface area (Å²) in [4.78, 5) is 29.9. The fraction of sp³-hybridized carbons (Fsp3) is 0.130. The first-order valence-electron chi connectivity index (χ1n) is 9.98. The molecule has 2 aromatic carbocycles. The zero-order valence-corrected chi connectivity index (χ0v) is 17.7. The van der Waals surface area contributed by atoms with Gasteiger partial charge < -0.3 is 9.47 Å². The smallest absolute Gasteiger partial charge is 0.387 e. The molecule has 0 saturated heterocycles. The molecule has 1 unspecified atom stereocenters. The van der Waals surface area contributed by atoms with Gasteiger partial charge in [0.1, 0.15) is 11.5 Å². The van der Waals surface area contributed by atoms with Crippen molar-refractivity contribution in [2.75, 3.05) is 10.5 Å². The van der Waals surface area contributed by atoms with Gasteiger partial charge in [-0.3, -0.25) is 25.3 Å². The predicted molar refractivity (Wildman–Crippen MR) is 118 cm³/mol. The molecule has 1 aliphatic heterocycles. The van der Waals surface area contributed by atoms with E-state index in [1.807, 2.05) is 5.48 Å². The number of benzene rings is 2. The molecule has 9 nitrogen and oxygen atoms in total. The summed E-state index contributed by atoms with van der Waals surface area (Å²) < 4.78 is 35.7. The monoisotopic (exact) mass is 468 g/mol. The molecule has 2 heterocycles. The van der Waals surface area contributed by atoms with E-state index in [2.05, 4.69) is 14.8 Å². The van der Waals surface area contributed by atoms with Gasteiger partial charge in [0.05, 0.1) is 22.8 Å². The number of nitrogens with one attached hydrogen (secondary N) is 1. The van der Waals surface area contributed by atoms with Crippen LogP contribution in [0.2, 0.25) is 0 Å². The van der Waals surface area contributed by atoms with Gasteiger partial charge in [-0.25, -0.2) is 0 Å². The second kappa shape index (κ2) is 9.63. The molecule has 174 valence electrons. The zero-order valence-electron chi connectivity index (χ0n) is 17.7. The summed E-state index contributed by atoms with van der Waals surface area (Å²) in [6, 6.07) is 14.9. The third kappa shape index (κ3) is 4.69. The Kier molecular flexibility index (Phi) is 6.46. The Balaban J connectivity index is 1.60. The summed E-state index contributed by atoms with van der Waals surface area (Å²) in [6.07, 6.45) is 1.49. The number of nitrogens with zero attached hydrogens (tertiary/aromatic N) is 3. The number of anilines is 2. The summed E-state index contributed by atoms with van der Waals surface area (Å²) in [6.45, 7) is -1.54. The van der Waals surface area contributed by atoms with Crippen molar-refractivity contribution in [2.24, 2.45) is 11.0 Å². The fourth-order valence-corrected chi connectivity index (χ4v) is 3.37. The fourth-order valence-electron chi connectivity index (χ4n) is 3.37. The Morgan fingerprint density at radius 2 is 1.91 bits per heavy atom. The van der Waals surface area contributed by atoms with Crippen LogP contribution in [-0.2, 0) is 9.59 Å². The van der Waals surface area contributed by atoms with Crippen molar-refractivity contribution in [3.05, 3.63) is 66.9 Å². The topological polar surface area (TPSA) is 113 Å². The van der Waals surface area contributed by atoms with E-state index in [0.29, 0.717) is 11.4 Å². The molecule has 2 N–H and O–H groups in total. The van der Waals surface area contributed by atoms with E-state index in [0.717, 1.165) is 5.01 Å². The molecule has 1 aliphatic rings. The quantitative estimate of drug-likeness (QED) is 0.232. The molecular formula is C23H18F2N4O5. The average molecular weight is 468 g/mol. The number of carbonyl (C=O) groups is 2. The molecular weight excluding hydrogens is 450 g/mol. The number of pyridine rings is 1. The maximum atomic E-state index is 13.1. The van der Waals surface area contributed by atoms with Crippen LogP contribution in [0.4, 0.5) is 20.2 Å². The molecule has 1 atom stereocenters. The van der Waals surface area contributed by atoms with Gasteiger partial charge in [-0.1, -0.05) is 6.07 Å². The van der Waals surface area contributed by atoms with Gasteiger partial charge in [0.25, 0.3) is 5.91 Å². The number of alkyl halides is 2. The molecule has 34 heavy (non-hydrogen) atoms. The third-order valence-electron chi connectivity index (χ3n) is 4.93. The summed E-state index contributed by atoms with van der Waals surface area (Å²) in [5.74, 6) is -2.73. The number of halogens is 2. The third-order valence-corrected chi connectivity index (χ3v) is 4.93. The minimum atomic E-state index is -3.05. The molecule has 0 fully saturated rings. The van der Waals surface area contributed by atoms with Crippen LogP contribution in [0.5, 0.6) is 11.5 Å². The van der Waals surface area contributed by atoms with Gasteiger partial charge >= 0.3 is 12.6 Å². The van der Waals surface area contributed by atoms with Gasteiger partial charge in [-0.2, -0.15) is 18.9 Å². The molecule has 1 amide bonds. The lowest BCUT2D eigenvalue weighted by atomic mass is 10.0. The highest BCUT2D eigenvalue weighted by molar-refractivity contribution is 6.25. The molecule has 1 aromatic heterocycles. The van der Waals surface area contributed by atoms with E-state index in [1.165, 1.54) is 55.6 Å². The Morgan fingerprint density at radius 1 is 1.15 bits per heavy atom. The first-order chi connectivity index (χ1) is 16.4. The number of hydrogen-bond donors (Lipinski definition) is 2. The van der Waals surface area contributed by atoms with Crippen LogP contribution in [0.15, 0.2) is 72.0 Å². The minimum Gasteiger partial charge on any atom is -0.434 e. The normalized spacial score (nSPS) is 15.3. The van der Waals surface area contributed by atoms with Crippen molar-refractivity contribution in [1.82, 2.24) is 4.98 Å². The van der Waals surface area contributed by atoms with Crippen LogP contribution in [0, 0.1) is 5.92 Å². The standard InChI is InChI=1S/C23H18F2N4O5/c1-13-20(22(31)33-16-8-5-14(28-32)6-9-16)21(30)29(27-13)15-7-10-19(34-23(24)25)17(12-15)18-4-2-3-11-26-18/h2-12,20,23,28,32H,1H3. The van der Waals surface area contributed by atoms with E-state index in [-0.39, 0.29) is 28.5 Å². The summed E-state index contributed by atoms with van der Waals surface area (Å²) in [5, 5.41) is 14.1. The van der Waals surface area contributed by atoms with Gasteiger partial charge in [0.15, 0.2) is 5.92 Å². The lowest BCUT2D eigenvalue weighted by Gasteiger charge is -2.17. The number of carbonyl (C=O) groups excluding carboxylic acids is 2. The summed E-state index contributed by atoms with van der Waals surface area (Å²) in [5.41, 5.74) is 3.36. The second-order valence-electron chi connectivity index (χ2n) is 7.16. The molecule has 3 aromatic rings. The number of amides is 1. The first-order valence-corrected chi connectivity index (χ1v) is 9.98. The number of esters is 1. The van der Waals surface area contributed by atoms with Crippen molar-refractivity contribution in [1.29, 1.82) is 0 Å². The number of ether oxygens (including phenoxy) is 2. The molecule has 0 aliphatic carbocycles. The van der Waals surface area contributed by atoms with Crippen LogP contribution in [0.3, 0.4) is 0 Å². The van der Waals surface area contributed by atoms with E-state index < -0.39 is 24.4 Å². The zero-order chi connectivity index (χ0) is 24.2. The van der Waals surface area contributed by atoms with Crippen LogP contribution in [0.1, 0.15) is 6.92 Å². The van der Waals surface area contributed by atoms with Crippen LogP contribution >= 0.6 is 0 Å². The molecule has 0 radical (unpaired) electrons. The molecule has 4 rings (SSSR count). The molecule has 0 saturated carbocycles. The first kappa shape index (κ1) is 22.8. The van der Waals surface area contributed by atoms with Crippen LogP contribution < -0.4 is 20.0 Å². The van der Waals surface area contributed by atoms with Crippen LogP contribution in [0.25, 0.3) is 11.3 Å².